The molecule has 0 fully saturated rings. The lowest BCUT2D eigenvalue weighted by atomic mass is 9.91. The maximum absolute atomic E-state index is 13.2. The molecular formula is C16H25FN2O. The number of hydrogen-bond donors (Lipinski definition) is 2. The Morgan fingerprint density at radius 2 is 2.05 bits per heavy atom. The van der Waals surface area contributed by atoms with Crippen LogP contribution >= 0.6 is 0 Å². The fourth-order valence-electron chi connectivity index (χ4n) is 2.32. The molecular weight excluding hydrogens is 255 g/mol. The minimum Gasteiger partial charge on any atom is -0.349 e. The predicted molar refractivity (Wildman–Crippen MR) is 79.9 cm³/mol. The SMILES string of the molecule is CCC(CC)(CN)NC(=O)CC(C)c1cccc(F)c1. The van der Waals surface area contributed by atoms with Crippen molar-refractivity contribution >= 4 is 5.91 Å². The Balaban J connectivity index is 2.66. The third-order valence-electron chi connectivity index (χ3n) is 4.06. The number of carbonyl (C=O) groups excluding carboxylic acids is 1. The highest BCUT2D eigenvalue weighted by molar-refractivity contribution is 5.77. The first-order valence-corrected chi connectivity index (χ1v) is 7.23. The lowest BCUT2D eigenvalue weighted by molar-refractivity contribution is -0.123. The van der Waals surface area contributed by atoms with Crippen molar-refractivity contribution in [1.82, 2.24) is 5.32 Å². The highest BCUT2D eigenvalue weighted by atomic mass is 19.1. The largest absolute Gasteiger partial charge is 0.349 e. The molecule has 0 saturated heterocycles. The topological polar surface area (TPSA) is 55.1 Å². The van der Waals surface area contributed by atoms with E-state index in [0.29, 0.717) is 13.0 Å². The number of halogens is 1. The highest BCUT2D eigenvalue weighted by Crippen LogP contribution is 2.21. The van der Waals surface area contributed by atoms with Crippen molar-refractivity contribution in [3.05, 3.63) is 35.6 Å². The van der Waals surface area contributed by atoms with Gasteiger partial charge in [-0.15, -0.1) is 0 Å². The predicted octanol–water partition coefficient (Wildman–Crippen LogP) is 2.95. The molecule has 1 aromatic rings. The summed E-state index contributed by atoms with van der Waals surface area (Å²) in [6.07, 6.45) is 1.95. The minimum atomic E-state index is -0.321. The van der Waals surface area contributed by atoms with E-state index in [0.717, 1.165) is 18.4 Å². The fourth-order valence-corrected chi connectivity index (χ4v) is 2.32. The van der Waals surface area contributed by atoms with Gasteiger partial charge in [-0.3, -0.25) is 4.79 Å². The Morgan fingerprint density at radius 3 is 2.55 bits per heavy atom. The molecule has 4 heteroatoms. The third kappa shape index (κ3) is 4.30. The molecule has 112 valence electrons. The molecule has 1 rings (SSSR count). The van der Waals surface area contributed by atoms with Gasteiger partial charge in [0, 0.05) is 13.0 Å². The summed E-state index contributed by atoms with van der Waals surface area (Å²) in [5.41, 5.74) is 6.29. The summed E-state index contributed by atoms with van der Waals surface area (Å²) in [5, 5.41) is 3.04. The maximum atomic E-state index is 13.2. The Morgan fingerprint density at radius 1 is 1.40 bits per heavy atom. The van der Waals surface area contributed by atoms with E-state index in [2.05, 4.69) is 5.32 Å². The molecule has 0 aromatic heterocycles. The van der Waals surface area contributed by atoms with Crippen LogP contribution in [0.25, 0.3) is 0 Å². The van der Waals surface area contributed by atoms with Crippen LogP contribution < -0.4 is 11.1 Å². The number of amides is 1. The van der Waals surface area contributed by atoms with Gasteiger partial charge in [0.15, 0.2) is 0 Å². The Bertz CT molecular complexity index is 436. The number of carbonyl (C=O) groups is 1. The maximum Gasteiger partial charge on any atom is 0.221 e. The summed E-state index contributed by atoms with van der Waals surface area (Å²) >= 11 is 0. The Hall–Kier alpha value is -1.42. The zero-order valence-electron chi connectivity index (χ0n) is 12.6. The standard InChI is InChI=1S/C16H25FN2O/c1-4-16(5-2,11-18)19-15(20)9-12(3)13-7-6-8-14(17)10-13/h6-8,10,12H,4-5,9,11,18H2,1-3H3,(H,19,20). The van der Waals surface area contributed by atoms with Crippen LogP contribution in [0.5, 0.6) is 0 Å². The second-order valence-corrected chi connectivity index (χ2v) is 5.40. The van der Waals surface area contributed by atoms with Crippen LogP contribution in [0.3, 0.4) is 0 Å². The van der Waals surface area contributed by atoms with Gasteiger partial charge in [0.05, 0.1) is 5.54 Å². The molecule has 1 amide bonds. The minimum absolute atomic E-state index is 0.0186. The first-order chi connectivity index (χ1) is 9.46. The van der Waals surface area contributed by atoms with Gasteiger partial charge in [-0.25, -0.2) is 4.39 Å². The van der Waals surface area contributed by atoms with Crippen molar-refractivity contribution in [3.63, 3.8) is 0 Å². The van der Waals surface area contributed by atoms with Gasteiger partial charge in [-0.2, -0.15) is 0 Å². The molecule has 0 saturated carbocycles. The summed E-state index contributed by atoms with van der Waals surface area (Å²) in [5.74, 6) is -0.320. The number of benzene rings is 1. The third-order valence-corrected chi connectivity index (χ3v) is 4.06. The van der Waals surface area contributed by atoms with E-state index in [-0.39, 0.29) is 23.2 Å². The summed E-state index contributed by atoms with van der Waals surface area (Å²) in [4.78, 5) is 12.1. The molecule has 1 aromatic carbocycles. The first kappa shape index (κ1) is 16.6. The highest BCUT2D eigenvalue weighted by Gasteiger charge is 2.26. The molecule has 0 bridgehead atoms. The summed E-state index contributed by atoms with van der Waals surface area (Å²) in [7, 11) is 0. The molecule has 0 aliphatic carbocycles. The number of rotatable bonds is 7. The Labute approximate surface area is 120 Å². The van der Waals surface area contributed by atoms with E-state index in [1.165, 1.54) is 12.1 Å². The molecule has 0 heterocycles. The first-order valence-electron chi connectivity index (χ1n) is 7.23. The fraction of sp³-hybridized carbons (Fsp3) is 0.562. The molecule has 0 aliphatic heterocycles. The molecule has 20 heavy (non-hydrogen) atoms. The number of hydrogen-bond acceptors (Lipinski definition) is 2. The normalized spacial score (nSPS) is 13.1. The van der Waals surface area contributed by atoms with E-state index in [1.54, 1.807) is 6.07 Å². The second kappa shape index (κ2) is 7.39. The molecule has 0 aliphatic rings. The van der Waals surface area contributed by atoms with E-state index < -0.39 is 0 Å². The molecule has 0 spiro atoms. The van der Waals surface area contributed by atoms with Crippen LogP contribution in [-0.4, -0.2) is 18.0 Å². The van der Waals surface area contributed by atoms with E-state index in [1.807, 2.05) is 26.8 Å². The van der Waals surface area contributed by atoms with Gasteiger partial charge in [0.2, 0.25) is 5.91 Å². The smallest absolute Gasteiger partial charge is 0.221 e. The summed E-state index contributed by atoms with van der Waals surface area (Å²) in [6.45, 7) is 6.40. The summed E-state index contributed by atoms with van der Waals surface area (Å²) in [6, 6.07) is 6.40. The average Bonchev–Trinajstić information content (AvgIpc) is 2.45. The molecule has 3 nitrogen and oxygen atoms in total. The van der Waals surface area contributed by atoms with E-state index in [4.69, 9.17) is 5.73 Å². The van der Waals surface area contributed by atoms with Crippen molar-refractivity contribution in [2.24, 2.45) is 5.73 Å². The molecule has 0 radical (unpaired) electrons. The molecule has 1 unspecified atom stereocenters. The lowest BCUT2D eigenvalue weighted by Crippen LogP contribution is -2.53. The average molecular weight is 280 g/mol. The van der Waals surface area contributed by atoms with Gasteiger partial charge >= 0.3 is 0 Å². The van der Waals surface area contributed by atoms with Crippen molar-refractivity contribution < 1.29 is 9.18 Å². The summed E-state index contributed by atoms with van der Waals surface area (Å²) < 4.78 is 13.2. The van der Waals surface area contributed by atoms with E-state index in [9.17, 15) is 9.18 Å². The quantitative estimate of drug-likeness (QED) is 0.807. The van der Waals surface area contributed by atoms with E-state index >= 15 is 0 Å². The van der Waals surface area contributed by atoms with Crippen LogP contribution in [0.1, 0.15) is 51.5 Å². The van der Waals surface area contributed by atoms with Gasteiger partial charge in [0.1, 0.15) is 5.82 Å². The Kier molecular flexibility index (Phi) is 6.14. The van der Waals surface area contributed by atoms with Crippen molar-refractivity contribution in [1.29, 1.82) is 0 Å². The van der Waals surface area contributed by atoms with Crippen LogP contribution in [0, 0.1) is 5.82 Å². The van der Waals surface area contributed by atoms with Crippen molar-refractivity contribution in [2.45, 2.75) is 51.5 Å². The number of nitrogens with two attached hydrogens (primary N) is 1. The van der Waals surface area contributed by atoms with Gasteiger partial charge < -0.3 is 11.1 Å². The molecule has 3 N–H and O–H groups in total. The lowest BCUT2D eigenvalue weighted by Gasteiger charge is -2.32. The number of nitrogens with one attached hydrogen (secondary N) is 1. The van der Waals surface area contributed by atoms with Crippen molar-refractivity contribution in [3.8, 4) is 0 Å². The van der Waals surface area contributed by atoms with Crippen LogP contribution in [0.2, 0.25) is 0 Å². The van der Waals surface area contributed by atoms with Gasteiger partial charge in [-0.1, -0.05) is 32.9 Å². The molecule has 1 atom stereocenters. The van der Waals surface area contributed by atoms with Crippen LogP contribution in [0.4, 0.5) is 4.39 Å². The van der Waals surface area contributed by atoms with Crippen LogP contribution in [0.15, 0.2) is 24.3 Å². The van der Waals surface area contributed by atoms with Gasteiger partial charge in [-0.05, 0) is 36.5 Å². The van der Waals surface area contributed by atoms with Crippen LogP contribution in [-0.2, 0) is 4.79 Å². The second-order valence-electron chi connectivity index (χ2n) is 5.40. The zero-order chi connectivity index (χ0) is 15.2. The zero-order valence-corrected chi connectivity index (χ0v) is 12.6. The van der Waals surface area contributed by atoms with Gasteiger partial charge in [0.25, 0.3) is 0 Å². The monoisotopic (exact) mass is 280 g/mol. The van der Waals surface area contributed by atoms with Crippen molar-refractivity contribution in [2.75, 3.05) is 6.54 Å².